The van der Waals surface area contributed by atoms with Gasteiger partial charge in [0.2, 0.25) is 0 Å². The molecule has 0 aliphatic carbocycles. The summed E-state index contributed by atoms with van der Waals surface area (Å²) >= 11 is 0. The second-order valence-corrected chi connectivity index (χ2v) is 2.98. The predicted octanol–water partition coefficient (Wildman–Crippen LogP) is 2.70. The van der Waals surface area contributed by atoms with Crippen LogP contribution >= 0.6 is 0 Å². The van der Waals surface area contributed by atoms with E-state index in [0.29, 0.717) is 0 Å². The molecule has 0 amide bonds. The summed E-state index contributed by atoms with van der Waals surface area (Å²) in [4.78, 5) is 0. The molecule has 1 aromatic heterocycles. The fourth-order valence-corrected chi connectivity index (χ4v) is 1.48. The van der Waals surface area contributed by atoms with Crippen molar-refractivity contribution in [1.29, 1.82) is 0 Å². The molecule has 2 rings (SSSR count). The van der Waals surface area contributed by atoms with E-state index < -0.39 is 0 Å². The average Bonchev–Trinajstić information content (AvgIpc) is 2.59. The second-order valence-electron chi connectivity index (χ2n) is 2.98. The molecule has 13 heavy (non-hydrogen) atoms. The zero-order valence-electron chi connectivity index (χ0n) is 7.70. The van der Waals surface area contributed by atoms with Crippen molar-refractivity contribution in [2.24, 2.45) is 0 Å². The van der Waals surface area contributed by atoms with Gasteiger partial charge in [-0.15, -0.1) is 0 Å². The van der Waals surface area contributed by atoms with Gasteiger partial charge in [0.15, 0.2) is 0 Å². The monoisotopic (exact) mass is 172 g/mol. The maximum Gasteiger partial charge on any atom is 0.0682 e. The van der Waals surface area contributed by atoms with Crippen molar-refractivity contribution < 1.29 is 0 Å². The molecular formula is C11H12N2. The molecule has 0 atom stereocenters. The highest BCUT2D eigenvalue weighted by atomic mass is 15.3. The van der Waals surface area contributed by atoms with Crippen molar-refractivity contribution in [3.63, 3.8) is 0 Å². The summed E-state index contributed by atoms with van der Waals surface area (Å²) in [6.45, 7) is 6.74. The van der Waals surface area contributed by atoms with Gasteiger partial charge in [0, 0.05) is 11.9 Å². The molecule has 0 radical (unpaired) electrons. The van der Waals surface area contributed by atoms with E-state index in [1.54, 1.807) is 0 Å². The van der Waals surface area contributed by atoms with E-state index in [4.69, 9.17) is 0 Å². The number of fused-ring (bicyclic) bond motifs is 1. The summed E-state index contributed by atoms with van der Waals surface area (Å²) in [5.74, 6) is 0. The Morgan fingerprint density at radius 3 is 3.08 bits per heavy atom. The molecule has 2 heteroatoms. The van der Waals surface area contributed by atoms with E-state index in [2.05, 4.69) is 36.8 Å². The van der Waals surface area contributed by atoms with Crippen LogP contribution in [0.3, 0.4) is 0 Å². The molecule has 0 fully saturated rings. The van der Waals surface area contributed by atoms with E-state index in [1.807, 2.05) is 17.0 Å². The molecule has 66 valence electrons. The SMILES string of the molecule is C=Cc1ccc2c(cnn2CC)c1. The van der Waals surface area contributed by atoms with Crippen molar-refractivity contribution in [3.05, 3.63) is 36.5 Å². The first-order chi connectivity index (χ1) is 6.35. The van der Waals surface area contributed by atoms with Crippen LogP contribution in [0.4, 0.5) is 0 Å². The fourth-order valence-electron chi connectivity index (χ4n) is 1.48. The molecule has 0 N–H and O–H groups in total. The Hall–Kier alpha value is -1.57. The summed E-state index contributed by atoms with van der Waals surface area (Å²) in [6.07, 6.45) is 3.74. The minimum atomic E-state index is 0.914. The van der Waals surface area contributed by atoms with E-state index in [-0.39, 0.29) is 0 Å². The Bertz CT molecular complexity index is 440. The number of hydrogen-bond donors (Lipinski definition) is 0. The highest BCUT2D eigenvalue weighted by Gasteiger charge is 1.99. The van der Waals surface area contributed by atoms with Crippen LogP contribution in [0.2, 0.25) is 0 Å². The molecule has 0 saturated carbocycles. The third kappa shape index (κ3) is 1.24. The van der Waals surface area contributed by atoms with Gasteiger partial charge in [0.25, 0.3) is 0 Å². The van der Waals surface area contributed by atoms with Crippen LogP contribution < -0.4 is 0 Å². The molecule has 0 aliphatic heterocycles. The Labute approximate surface area is 77.5 Å². The number of aryl methyl sites for hydroxylation is 1. The topological polar surface area (TPSA) is 17.8 Å². The van der Waals surface area contributed by atoms with Crippen LogP contribution in [0, 0.1) is 0 Å². The van der Waals surface area contributed by atoms with Gasteiger partial charge in [-0.05, 0) is 24.6 Å². The van der Waals surface area contributed by atoms with Crippen molar-refractivity contribution >= 4 is 17.0 Å². The molecule has 2 nitrogen and oxygen atoms in total. The van der Waals surface area contributed by atoms with Gasteiger partial charge in [-0.25, -0.2) is 0 Å². The highest BCUT2D eigenvalue weighted by molar-refractivity contribution is 5.81. The third-order valence-electron chi connectivity index (χ3n) is 2.20. The molecule has 0 spiro atoms. The Kier molecular flexibility index (Phi) is 1.89. The van der Waals surface area contributed by atoms with Gasteiger partial charge in [0.05, 0.1) is 11.7 Å². The van der Waals surface area contributed by atoms with Gasteiger partial charge in [0.1, 0.15) is 0 Å². The largest absolute Gasteiger partial charge is 0.265 e. The normalized spacial score (nSPS) is 10.5. The zero-order chi connectivity index (χ0) is 9.26. The maximum atomic E-state index is 4.27. The number of rotatable bonds is 2. The van der Waals surface area contributed by atoms with E-state index in [9.17, 15) is 0 Å². The van der Waals surface area contributed by atoms with Crippen LogP contribution in [0.15, 0.2) is 31.0 Å². The van der Waals surface area contributed by atoms with Gasteiger partial charge >= 0.3 is 0 Å². The van der Waals surface area contributed by atoms with Gasteiger partial charge in [-0.2, -0.15) is 5.10 Å². The second kappa shape index (κ2) is 3.05. The van der Waals surface area contributed by atoms with Crippen molar-refractivity contribution in [1.82, 2.24) is 9.78 Å². The summed E-state index contributed by atoms with van der Waals surface area (Å²) < 4.78 is 1.99. The van der Waals surface area contributed by atoms with Gasteiger partial charge in [-0.3, -0.25) is 4.68 Å². The lowest BCUT2D eigenvalue weighted by Crippen LogP contribution is -1.94. The first-order valence-corrected chi connectivity index (χ1v) is 4.43. The van der Waals surface area contributed by atoms with Crippen molar-refractivity contribution in [2.75, 3.05) is 0 Å². The Balaban J connectivity index is 2.67. The van der Waals surface area contributed by atoms with Crippen LogP contribution in [0.25, 0.3) is 17.0 Å². The first kappa shape index (κ1) is 8.05. The lowest BCUT2D eigenvalue weighted by Gasteiger charge is -1.98. The molecule has 0 unspecified atom stereocenters. The fraction of sp³-hybridized carbons (Fsp3) is 0.182. The average molecular weight is 172 g/mol. The van der Waals surface area contributed by atoms with Crippen molar-refractivity contribution in [3.8, 4) is 0 Å². The minimum absolute atomic E-state index is 0.914. The molecular weight excluding hydrogens is 160 g/mol. The summed E-state index contributed by atoms with van der Waals surface area (Å²) in [6, 6.07) is 6.24. The first-order valence-electron chi connectivity index (χ1n) is 4.43. The zero-order valence-corrected chi connectivity index (χ0v) is 7.70. The molecule has 1 heterocycles. The highest BCUT2D eigenvalue weighted by Crippen LogP contribution is 2.16. The molecule has 0 bridgehead atoms. The Morgan fingerprint density at radius 2 is 2.38 bits per heavy atom. The smallest absolute Gasteiger partial charge is 0.0682 e. The van der Waals surface area contributed by atoms with Gasteiger partial charge < -0.3 is 0 Å². The van der Waals surface area contributed by atoms with Crippen LogP contribution in [0.5, 0.6) is 0 Å². The van der Waals surface area contributed by atoms with Gasteiger partial charge in [-0.1, -0.05) is 18.7 Å². The number of nitrogens with zero attached hydrogens (tertiary/aromatic N) is 2. The number of hydrogen-bond acceptors (Lipinski definition) is 1. The minimum Gasteiger partial charge on any atom is -0.265 e. The molecule has 2 aromatic rings. The van der Waals surface area contributed by atoms with E-state index >= 15 is 0 Å². The van der Waals surface area contributed by atoms with Crippen molar-refractivity contribution in [2.45, 2.75) is 13.5 Å². The maximum absolute atomic E-state index is 4.27. The molecule has 0 saturated heterocycles. The summed E-state index contributed by atoms with van der Waals surface area (Å²) in [7, 11) is 0. The van der Waals surface area contributed by atoms with Crippen LogP contribution in [0.1, 0.15) is 12.5 Å². The molecule has 0 aliphatic rings. The Morgan fingerprint density at radius 1 is 1.54 bits per heavy atom. The van der Waals surface area contributed by atoms with Crippen LogP contribution in [-0.2, 0) is 6.54 Å². The summed E-state index contributed by atoms with van der Waals surface area (Å²) in [5.41, 5.74) is 2.33. The quantitative estimate of drug-likeness (QED) is 0.681. The lowest BCUT2D eigenvalue weighted by molar-refractivity contribution is 0.684. The number of aromatic nitrogens is 2. The summed E-state index contributed by atoms with van der Waals surface area (Å²) in [5, 5.41) is 5.45. The standard InChI is InChI=1S/C11H12N2/c1-3-9-5-6-11-10(7-9)8-12-13(11)4-2/h3,5-8H,1,4H2,2H3. The predicted molar refractivity (Wildman–Crippen MR) is 55.5 cm³/mol. The molecule has 1 aromatic carbocycles. The lowest BCUT2D eigenvalue weighted by atomic mass is 10.1. The number of benzene rings is 1. The van der Waals surface area contributed by atoms with E-state index in [1.165, 1.54) is 10.9 Å². The van der Waals surface area contributed by atoms with E-state index in [0.717, 1.165) is 12.1 Å². The third-order valence-corrected chi connectivity index (χ3v) is 2.20. The van der Waals surface area contributed by atoms with Crippen LogP contribution in [-0.4, -0.2) is 9.78 Å².